The van der Waals surface area contributed by atoms with Crippen LogP contribution in [0.2, 0.25) is 0 Å². The maximum absolute atomic E-state index is 6.13. The summed E-state index contributed by atoms with van der Waals surface area (Å²) in [7, 11) is 0. The van der Waals surface area contributed by atoms with Crippen molar-refractivity contribution in [3.63, 3.8) is 0 Å². The molecule has 0 aromatic carbocycles. The molecule has 3 unspecified atom stereocenters. The van der Waals surface area contributed by atoms with Gasteiger partial charge in [-0.2, -0.15) is 0 Å². The monoisotopic (exact) mass is 188 g/mol. The molecule has 0 aromatic rings. The Bertz CT molecular complexity index is 165. The fourth-order valence-corrected chi connectivity index (χ4v) is 3.11. The lowest BCUT2D eigenvalue weighted by atomic mass is 9.75. The highest BCUT2D eigenvalue weighted by molar-refractivity contribution is 6.20. The Morgan fingerprint density at radius 3 is 2.75 bits per heavy atom. The van der Waals surface area contributed by atoms with Crippen molar-refractivity contribution in [2.75, 3.05) is 13.2 Å². The van der Waals surface area contributed by atoms with Crippen molar-refractivity contribution in [2.45, 2.75) is 38.0 Å². The van der Waals surface area contributed by atoms with E-state index in [0.29, 0.717) is 10.8 Å². The van der Waals surface area contributed by atoms with Gasteiger partial charge >= 0.3 is 0 Å². The van der Waals surface area contributed by atoms with Crippen LogP contribution in [0.25, 0.3) is 0 Å². The molecule has 2 rings (SSSR count). The first-order valence-corrected chi connectivity index (χ1v) is 5.36. The fraction of sp³-hybridized carbons (Fsp3) is 1.00. The molecule has 70 valence electrons. The van der Waals surface area contributed by atoms with Crippen LogP contribution in [-0.4, -0.2) is 18.6 Å². The first-order valence-electron chi connectivity index (χ1n) is 4.92. The Labute approximate surface area is 79.4 Å². The topological polar surface area (TPSA) is 9.23 Å². The Morgan fingerprint density at radius 1 is 1.42 bits per heavy atom. The molecule has 0 amide bonds. The first kappa shape index (κ1) is 8.83. The predicted molar refractivity (Wildman–Crippen MR) is 50.5 cm³/mol. The quantitative estimate of drug-likeness (QED) is 0.575. The van der Waals surface area contributed by atoms with Gasteiger partial charge in [-0.3, -0.25) is 0 Å². The fourth-order valence-electron chi connectivity index (χ4n) is 2.65. The summed E-state index contributed by atoms with van der Waals surface area (Å²) in [4.78, 5) is 0. The summed E-state index contributed by atoms with van der Waals surface area (Å²) in [5, 5.41) is 0.426. The van der Waals surface area contributed by atoms with Crippen molar-refractivity contribution >= 4 is 11.6 Å². The van der Waals surface area contributed by atoms with E-state index in [1.54, 1.807) is 0 Å². The van der Waals surface area contributed by atoms with Crippen molar-refractivity contribution in [1.29, 1.82) is 0 Å². The third kappa shape index (κ3) is 1.49. The van der Waals surface area contributed by atoms with E-state index in [-0.39, 0.29) is 0 Å². The molecule has 2 fully saturated rings. The molecule has 1 saturated heterocycles. The largest absolute Gasteiger partial charge is 0.381 e. The molecule has 1 aliphatic carbocycles. The molecule has 12 heavy (non-hydrogen) atoms. The predicted octanol–water partition coefficient (Wildman–Crippen LogP) is 2.82. The van der Waals surface area contributed by atoms with E-state index in [2.05, 4.69) is 6.92 Å². The van der Waals surface area contributed by atoms with Crippen molar-refractivity contribution in [2.24, 2.45) is 11.3 Å². The second kappa shape index (κ2) is 3.19. The van der Waals surface area contributed by atoms with Crippen molar-refractivity contribution in [1.82, 2.24) is 0 Å². The number of ether oxygens (including phenoxy) is 1. The lowest BCUT2D eigenvalue weighted by Gasteiger charge is -2.29. The number of rotatable bonds is 1. The molecule has 2 aliphatic rings. The van der Waals surface area contributed by atoms with Gasteiger partial charge < -0.3 is 4.74 Å². The Balaban J connectivity index is 2.00. The highest BCUT2D eigenvalue weighted by Gasteiger charge is 2.41. The van der Waals surface area contributed by atoms with Gasteiger partial charge in [0.1, 0.15) is 0 Å². The van der Waals surface area contributed by atoms with Crippen LogP contribution in [0.5, 0.6) is 0 Å². The van der Waals surface area contributed by atoms with E-state index in [4.69, 9.17) is 16.3 Å². The molecule has 0 aromatic heterocycles. The van der Waals surface area contributed by atoms with E-state index in [9.17, 15) is 0 Å². The molecule has 0 radical (unpaired) electrons. The van der Waals surface area contributed by atoms with E-state index < -0.39 is 0 Å². The van der Waals surface area contributed by atoms with Gasteiger partial charge in [0, 0.05) is 18.6 Å². The molecule has 0 bridgehead atoms. The van der Waals surface area contributed by atoms with Gasteiger partial charge in [0.2, 0.25) is 0 Å². The molecule has 3 atom stereocenters. The van der Waals surface area contributed by atoms with Crippen LogP contribution < -0.4 is 0 Å². The van der Waals surface area contributed by atoms with E-state index in [1.807, 2.05) is 0 Å². The summed E-state index contributed by atoms with van der Waals surface area (Å²) in [5.41, 5.74) is 0.489. The molecule has 1 saturated carbocycles. The normalized spacial score (nSPS) is 48.5. The SMILES string of the molecule is CC1(C2CCOC2)CCC(Cl)C1. The second-order valence-electron chi connectivity index (χ2n) is 4.55. The molecule has 0 N–H and O–H groups in total. The highest BCUT2D eigenvalue weighted by Crippen LogP contribution is 2.48. The first-order chi connectivity index (χ1) is 5.71. The zero-order chi connectivity index (χ0) is 8.60. The lowest BCUT2D eigenvalue weighted by Crippen LogP contribution is -2.24. The van der Waals surface area contributed by atoms with Gasteiger partial charge in [-0.15, -0.1) is 11.6 Å². The zero-order valence-electron chi connectivity index (χ0n) is 7.68. The summed E-state index contributed by atoms with van der Waals surface area (Å²) in [6.07, 6.45) is 4.95. The number of halogens is 1. The molecule has 1 aliphatic heterocycles. The molecular formula is C10H17ClO. The van der Waals surface area contributed by atoms with Crippen molar-refractivity contribution in [3.05, 3.63) is 0 Å². The number of hydrogen-bond donors (Lipinski definition) is 0. The maximum atomic E-state index is 6.13. The number of alkyl halides is 1. The second-order valence-corrected chi connectivity index (χ2v) is 5.17. The Kier molecular flexibility index (Phi) is 2.35. The summed E-state index contributed by atoms with van der Waals surface area (Å²) in [6, 6.07) is 0. The Hall–Kier alpha value is 0.250. The maximum Gasteiger partial charge on any atom is 0.0500 e. The van der Waals surface area contributed by atoms with Crippen LogP contribution in [0.15, 0.2) is 0 Å². The van der Waals surface area contributed by atoms with Crippen LogP contribution >= 0.6 is 11.6 Å². The van der Waals surface area contributed by atoms with Crippen LogP contribution in [-0.2, 0) is 4.74 Å². The van der Waals surface area contributed by atoms with Gasteiger partial charge in [-0.1, -0.05) is 6.92 Å². The van der Waals surface area contributed by atoms with E-state index in [1.165, 1.54) is 25.7 Å². The van der Waals surface area contributed by atoms with Crippen molar-refractivity contribution < 1.29 is 4.74 Å². The summed E-state index contributed by atoms with van der Waals surface area (Å²) in [5.74, 6) is 0.779. The van der Waals surface area contributed by atoms with E-state index in [0.717, 1.165) is 19.1 Å². The van der Waals surface area contributed by atoms with Crippen molar-refractivity contribution in [3.8, 4) is 0 Å². The molecular weight excluding hydrogens is 172 g/mol. The third-order valence-electron chi connectivity index (χ3n) is 3.63. The average molecular weight is 189 g/mol. The minimum atomic E-state index is 0.426. The standard InChI is InChI=1S/C10H17ClO/c1-10(4-2-9(11)6-10)8-3-5-12-7-8/h8-9H,2-7H2,1H3. The third-order valence-corrected chi connectivity index (χ3v) is 4.00. The molecule has 2 heteroatoms. The minimum absolute atomic E-state index is 0.426. The molecule has 1 heterocycles. The summed E-state index contributed by atoms with van der Waals surface area (Å²) in [6.45, 7) is 4.32. The van der Waals surface area contributed by atoms with Gasteiger partial charge in [-0.05, 0) is 37.0 Å². The smallest absolute Gasteiger partial charge is 0.0500 e. The van der Waals surface area contributed by atoms with Gasteiger partial charge in [0.05, 0.1) is 0 Å². The molecule has 0 spiro atoms. The van der Waals surface area contributed by atoms with Gasteiger partial charge in [0.15, 0.2) is 0 Å². The van der Waals surface area contributed by atoms with Crippen LogP contribution in [0, 0.1) is 11.3 Å². The van der Waals surface area contributed by atoms with Gasteiger partial charge in [0.25, 0.3) is 0 Å². The van der Waals surface area contributed by atoms with E-state index >= 15 is 0 Å². The number of hydrogen-bond acceptors (Lipinski definition) is 1. The van der Waals surface area contributed by atoms with Crippen LogP contribution in [0.3, 0.4) is 0 Å². The average Bonchev–Trinajstić information content (AvgIpc) is 2.59. The van der Waals surface area contributed by atoms with Crippen LogP contribution in [0.4, 0.5) is 0 Å². The lowest BCUT2D eigenvalue weighted by molar-refractivity contribution is 0.135. The Morgan fingerprint density at radius 2 is 2.25 bits per heavy atom. The van der Waals surface area contributed by atoms with Crippen LogP contribution in [0.1, 0.15) is 32.6 Å². The highest BCUT2D eigenvalue weighted by atomic mass is 35.5. The molecule has 1 nitrogen and oxygen atoms in total. The minimum Gasteiger partial charge on any atom is -0.381 e. The summed E-state index contributed by atoms with van der Waals surface area (Å²) < 4.78 is 5.43. The summed E-state index contributed by atoms with van der Waals surface area (Å²) >= 11 is 6.13. The van der Waals surface area contributed by atoms with Gasteiger partial charge in [-0.25, -0.2) is 0 Å². The zero-order valence-corrected chi connectivity index (χ0v) is 8.44.